The molecular formula is C20H26N4O2. The van der Waals surface area contributed by atoms with E-state index in [-0.39, 0.29) is 18.4 Å². The van der Waals surface area contributed by atoms with Gasteiger partial charge in [-0.25, -0.2) is 4.98 Å². The fraction of sp³-hybridized carbons (Fsp3) is 0.550. The van der Waals surface area contributed by atoms with Crippen LogP contribution in [0.15, 0.2) is 24.3 Å². The second-order valence-corrected chi connectivity index (χ2v) is 7.91. The summed E-state index contributed by atoms with van der Waals surface area (Å²) in [7, 11) is 0. The SMILES string of the molecule is CC(C)c1n[nH]c([C@H]2CN(C(=O)c3cccc(CO)c3)C[C@@H]2C2CC2)n1. The van der Waals surface area contributed by atoms with Crippen molar-refractivity contribution >= 4 is 5.91 Å². The largest absolute Gasteiger partial charge is 0.392 e. The van der Waals surface area contributed by atoms with Gasteiger partial charge in [0.1, 0.15) is 5.82 Å². The molecule has 1 saturated heterocycles. The molecule has 6 nitrogen and oxygen atoms in total. The Balaban J connectivity index is 1.56. The van der Waals surface area contributed by atoms with E-state index in [1.54, 1.807) is 6.07 Å². The van der Waals surface area contributed by atoms with Crippen LogP contribution < -0.4 is 0 Å². The molecule has 2 aromatic rings. The standard InChI is InChI=1S/C20H26N4O2/c1-12(2)18-21-19(23-22-18)17-10-24(9-16(17)14-6-7-14)20(26)15-5-3-4-13(8-15)11-25/h3-5,8,12,14,16-17,25H,6-7,9-11H2,1-2H3,(H,21,22,23)/t16-,17+/m1/s1. The van der Waals surface area contributed by atoms with Crippen LogP contribution in [0.5, 0.6) is 0 Å². The van der Waals surface area contributed by atoms with Crippen LogP contribution in [0.3, 0.4) is 0 Å². The van der Waals surface area contributed by atoms with Gasteiger partial charge in [-0.15, -0.1) is 0 Å². The molecule has 0 bridgehead atoms. The summed E-state index contributed by atoms with van der Waals surface area (Å²) in [6, 6.07) is 7.27. The van der Waals surface area contributed by atoms with Crippen LogP contribution in [0.1, 0.15) is 66.1 Å². The van der Waals surface area contributed by atoms with Gasteiger partial charge in [0.25, 0.3) is 5.91 Å². The molecule has 1 saturated carbocycles. The number of hydrogen-bond acceptors (Lipinski definition) is 4. The van der Waals surface area contributed by atoms with E-state index in [1.165, 1.54) is 12.8 Å². The molecule has 2 atom stereocenters. The lowest BCUT2D eigenvalue weighted by Gasteiger charge is -2.16. The van der Waals surface area contributed by atoms with Gasteiger partial charge in [0, 0.05) is 30.5 Å². The predicted octanol–water partition coefficient (Wildman–Crippen LogP) is 2.69. The molecule has 4 rings (SSSR count). The van der Waals surface area contributed by atoms with E-state index in [2.05, 4.69) is 24.0 Å². The van der Waals surface area contributed by atoms with Gasteiger partial charge in [-0.3, -0.25) is 9.89 Å². The van der Waals surface area contributed by atoms with Gasteiger partial charge < -0.3 is 10.0 Å². The first kappa shape index (κ1) is 17.2. The van der Waals surface area contributed by atoms with Gasteiger partial charge in [0.2, 0.25) is 0 Å². The molecule has 138 valence electrons. The maximum absolute atomic E-state index is 13.0. The molecule has 2 fully saturated rings. The first-order valence-corrected chi connectivity index (χ1v) is 9.48. The molecular weight excluding hydrogens is 328 g/mol. The number of aromatic nitrogens is 3. The number of H-pyrrole nitrogens is 1. The van der Waals surface area contributed by atoms with Gasteiger partial charge in [-0.05, 0) is 42.4 Å². The van der Waals surface area contributed by atoms with Crippen molar-refractivity contribution in [1.82, 2.24) is 20.1 Å². The molecule has 6 heteroatoms. The lowest BCUT2D eigenvalue weighted by atomic mass is 9.91. The molecule has 1 aromatic heterocycles. The van der Waals surface area contributed by atoms with Crippen molar-refractivity contribution in [1.29, 1.82) is 0 Å². The smallest absolute Gasteiger partial charge is 0.253 e. The molecule has 26 heavy (non-hydrogen) atoms. The number of amides is 1. The Labute approximate surface area is 153 Å². The number of benzene rings is 1. The molecule has 2 N–H and O–H groups in total. The van der Waals surface area contributed by atoms with Crippen LogP contribution in [0, 0.1) is 11.8 Å². The maximum atomic E-state index is 13.0. The molecule has 1 aliphatic heterocycles. The average molecular weight is 354 g/mol. The fourth-order valence-corrected chi connectivity index (χ4v) is 3.98. The Bertz CT molecular complexity index is 797. The molecule has 2 heterocycles. The van der Waals surface area contributed by atoms with E-state index in [9.17, 15) is 9.90 Å². The summed E-state index contributed by atoms with van der Waals surface area (Å²) in [5.74, 6) is 3.46. The normalized spacial score (nSPS) is 23.0. The maximum Gasteiger partial charge on any atom is 0.253 e. The highest BCUT2D eigenvalue weighted by Crippen LogP contribution is 2.47. The number of carbonyl (C=O) groups is 1. The van der Waals surface area contributed by atoms with Crippen LogP contribution in [-0.4, -0.2) is 44.2 Å². The first-order valence-electron chi connectivity index (χ1n) is 9.48. The van der Waals surface area contributed by atoms with Crippen molar-refractivity contribution in [2.75, 3.05) is 13.1 Å². The molecule has 0 spiro atoms. The van der Waals surface area contributed by atoms with E-state index in [4.69, 9.17) is 4.98 Å². The van der Waals surface area contributed by atoms with Gasteiger partial charge in [-0.1, -0.05) is 26.0 Å². The second-order valence-electron chi connectivity index (χ2n) is 7.91. The average Bonchev–Trinajstić information content (AvgIpc) is 3.21. The fourth-order valence-electron chi connectivity index (χ4n) is 3.98. The zero-order chi connectivity index (χ0) is 18.3. The molecule has 2 aliphatic rings. The molecule has 1 aromatic carbocycles. The summed E-state index contributed by atoms with van der Waals surface area (Å²) in [5.41, 5.74) is 1.41. The summed E-state index contributed by atoms with van der Waals surface area (Å²) in [6.45, 7) is 5.57. The minimum atomic E-state index is -0.0511. The molecule has 0 unspecified atom stereocenters. The summed E-state index contributed by atoms with van der Waals surface area (Å²) in [5, 5.41) is 16.8. The molecule has 1 aliphatic carbocycles. The van der Waals surface area contributed by atoms with Crippen LogP contribution in [-0.2, 0) is 6.61 Å². The van der Waals surface area contributed by atoms with Crippen LogP contribution >= 0.6 is 0 Å². The van der Waals surface area contributed by atoms with Crippen molar-refractivity contribution in [3.63, 3.8) is 0 Å². The van der Waals surface area contributed by atoms with Crippen molar-refractivity contribution in [2.24, 2.45) is 11.8 Å². The van der Waals surface area contributed by atoms with E-state index in [0.717, 1.165) is 23.8 Å². The number of aliphatic hydroxyl groups excluding tert-OH is 1. The Morgan fingerprint density at radius 1 is 1.35 bits per heavy atom. The monoisotopic (exact) mass is 354 g/mol. The van der Waals surface area contributed by atoms with Crippen LogP contribution in [0.25, 0.3) is 0 Å². The number of likely N-dealkylation sites (tertiary alicyclic amines) is 1. The van der Waals surface area contributed by atoms with E-state index < -0.39 is 0 Å². The number of nitrogens with one attached hydrogen (secondary N) is 1. The number of rotatable bonds is 5. The number of hydrogen-bond donors (Lipinski definition) is 2. The Hall–Kier alpha value is -2.21. The zero-order valence-electron chi connectivity index (χ0n) is 15.4. The molecule has 0 radical (unpaired) electrons. The van der Waals surface area contributed by atoms with Crippen molar-refractivity contribution < 1.29 is 9.90 Å². The summed E-state index contributed by atoms with van der Waals surface area (Å²) < 4.78 is 0. The Kier molecular flexibility index (Phi) is 4.53. The third kappa shape index (κ3) is 3.26. The summed E-state index contributed by atoms with van der Waals surface area (Å²) in [6.07, 6.45) is 2.49. The van der Waals surface area contributed by atoms with Crippen molar-refractivity contribution in [3.05, 3.63) is 47.0 Å². The quantitative estimate of drug-likeness (QED) is 0.865. The zero-order valence-corrected chi connectivity index (χ0v) is 15.4. The van der Waals surface area contributed by atoms with Gasteiger partial charge >= 0.3 is 0 Å². The summed E-state index contributed by atoms with van der Waals surface area (Å²) in [4.78, 5) is 19.6. The number of aliphatic hydroxyl groups is 1. The predicted molar refractivity (Wildman–Crippen MR) is 97.7 cm³/mol. The van der Waals surface area contributed by atoms with Gasteiger partial charge in [-0.2, -0.15) is 5.10 Å². The summed E-state index contributed by atoms with van der Waals surface area (Å²) >= 11 is 0. The highest BCUT2D eigenvalue weighted by atomic mass is 16.3. The van der Waals surface area contributed by atoms with E-state index in [1.807, 2.05) is 23.1 Å². The molecule has 1 amide bonds. The van der Waals surface area contributed by atoms with Crippen molar-refractivity contribution in [2.45, 2.75) is 45.1 Å². The van der Waals surface area contributed by atoms with Crippen LogP contribution in [0.4, 0.5) is 0 Å². The lowest BCUT2D eigenvalue weighted by molar-refractivity contribution is 0.0784. The van der Waals surface area contributed by atoms with E-state index in [0.29, 0.717) is 29.9 Å². The first-order chi connectivity index (χ1) is 12.6. The second kappa shape index (κ2) is 6.83. The van der Waals surface area contributed by atoms with Crippen LogP contribution in [0.2, 0.25) is 0 Å². The third-order valence-corrected chi connectivity index (χ3v) is 5.62. The third-order valence-electron chi connectivity index (χ3n) is 5.62. The highest BCUT2D eigenvalue weighted by molar-refractivity contribution is 5.94. The minimum Gasteiger partial charge on any atom is -0.392 e. The highest BCUT2D eigenvalue weighted by Gasteiger charge is 2.45. The van der Waals surface area contributed by atoms with E-state index >= 15 is 0 Å². The van der Waals surface area contributed by atoms with Gasteiger partial charge in [0.15, 0.2) is 5.82 Å². The Morgan fingerprint density at radius 2 is 2.15 bits per heavy atom. The number of nitrogens with zero attached hydrogens (tertiary/aromatic N) is 3. The minimum absolute atomic E-state index is 0.0389. The lowest BCUT2D eigenvalue weighted by Crippen LogP contribution is -2.29. The van der Waals surface area contributed by atoms with Crippen molar-refractivity contribution in [3.8, 4) is 0 Å². The number of carbonyl (C=O) groups excluding carboxylic acids is 1. The topological polar surface area (TPSA) is 82.1 Å². The van der Waals surface area contributed by atoms with Gasteiger partial charge in [0.05, 0.1) is 6.61 Å². The Morgan fingerprint density at radius 3 is 2.81 bits per heavy atom. The number of aromatic amines is 1.